The van der Waals surface area contributed by atoms with Gasteiger partial charge in [-0.15, -0.1) is 0 Å². The SMILES string of the molecule is Cc1nc(F)ccc1[C@@H](C#CI)Cc1cc(Cl)c2ncc(C#N)c(NCC(C)(C)C)c2c1. The van der Waals surface area contributed by atoms with Gasteiger partial charge in [-0.05, 0) is 52.0 Å². The Kier molecular flexibility index (Phi) is 7.59. The molecule has 2 heterocycles. The molecule has 0 saturated carbocycles. The number of nitrogens with one attached hydrogen (secondary N) is 1. The van der Waals surface area contributed by atoms with E-state index in [4.69, 9.17) is 11.6 Å². The van der Waals surface area contributed by atoms with Crippen molar-refractivity contribution in [1.82, 2.24) is 9.97 Å². The number of pyridine rings is 2. The molecule has 0 saturated heterocycles. The van der Waals surface area contributed by atoms with Crippen LogP contribution in [0.2, 0.25) is 5.02 Å². The number of hydrogen-bond acceptors (Lipinski definition) is 4. The van der Waals surface area contributed by atoms with Crippen molar-refractivity contribution in [3.8, 4) is 15.9 Å². The number of nitrogens with zero attached hydrogens (tertiary/aromatic N) is 3. The fourth-order valence-electron chi connectivity index (χ4n) is 3.51. The molecule has 0 fully saturated rings. The largest absolute Gasteiger partial charge is 0.383 e. The van der Waals surface area contributed by atoms with E-state index < -0.39 is 5.95 Å². The van der Waals surface area contributed by atoms with Crippen LogP contribution >= 0.6 is 34.2 Å². The molecule has 1 atom stereocenters. The summed E-state index contributed by atoms with van der Waals surface area (Å²) in [6.07, 6.45) is 2.12. The molecule has 0 spiro atoms. The van der Waals surface area contributed by atoms with E-state index in [2.05, 4.69) is 52.0 Å². The predicted molar refractivity (Wildman–Crippen MR) is 137 cm³/mol. The minimum absolute atomic E-state index is 0.0256. The molecule has 3 rings (SSSR count). The lowest BCUT2D eigenvalue weighted by molar-refractivity contribution is 0.443. The zero-order valence-electron chi connectivity index (χ0n) is 18.4. The second-order valence-corrected chi connectivity index (χ2v) is 9.80. The Morgan fingerprint density at radius 1 is 1.28 bits per heavy atom. The summed E-state index contributed by atoms with van der Waals surface area (Å²) in [5, 5.41) is 14.4. The molecule has 0 bridgehead atoms. The lowest BCUT2D eigenvalue weighted by Gasteiger charge is -2.21. The quantitative estimate of drug-likeness (QED) is 0.212. The minimum atomic E-state index is -0.508. The van der Waals surface area contributed by atoms with Crippen molar-refractivity contribution < 1.29 is 4.39 Å². The van der Waals surface area contributed by atoms with E-state index in [0.29, 0.717) is 34.8 Å². The molecule has 0 unspecified atom stereocenters. The number of hydrogen-bond donors (Lipinski definition) is 1. The maximum atomic E-state index is 13.5. The van der Waals surface area contributed by atoms with Crippen LogP contribution in [-0.2, 0) is 6.42 Å². The minimum Gasteiger partial charge on any atom is -0.383 e. The molecule has 0 aliphatic heterocycles. The van der Waals surface area contributed by atoms with E-state index in [9.17, 15) is 9.65 Å². The summed E-state index contributed by atoms with van der Waals surface area (Å²) < 4.78 is 16.5. The van der Waals surface area contributed by atoms with Gasteiger partial charge in [0.15, 0.2) is 0 Å². The zero-order chi connectivity index (χ0) is 23.5. The third-order valence-corrected chi connectivity index (χ3v) is 5.64. The van der Waals surface area contributed by atoms with Crippen LogP contribution in [0.1, 0.15) is 49.1 Å². The van der Waals surface area contributed by atoms with Gasteiger partial charge in [-0.2, -0.15) is 9.65 Å². The summed E-state index contributed by atoms with van der Waals surface area (Å²) in [6, 6.07) is 9.21. The van der Waals surface area contributed by atoms with Gasteiger partial charge in [-0.1, -0.05) is 44.4 Å². The lowest BCUT2D eigenvalue weighted by atomic mass is 9.91. The second kappa shape index (κ2) is 10.0. The molecule has 0 radical (unpaired) electrons. The van der Waals surface area contributed by atoms with Crippen molar-refractivity contribution in [3.05, 3.63) is 63.8 Å². The van der Waals surface area contributed by atoms with E-state index in [1.165, 1.54) is 6.07 Å². The first-order valence-electron chi connectivity index (χ1n) is 10.1. The topological polar surface area (TPSA) is 61.6 Å². The summed E-state index contributed by atoms with van der Waals surface area (Å²) in [6.45, 7) is 8.85. The Morgan fingerprint density at radius 2 is 2.03 bits per heavy atom. The molecule has 3 aromatic rings. The zero-order valence-corrected chi connectivity index (χ0v) is 21.3. The van der Waals surface area contributed by atoms with Gasteiger partial charge in [-0.3, -0.25) is 4.98 Å². The van der Waals surface area contributed by atoms with E-state index in [1.807, 2.05) is 34.7 Å². The molecular weight excluding hydrogens is 538 g/mol. The fraction of sp³-hybridized carbons (Fsp3) is 0.320. The Bertz CT molecular complexity index is 1270. The highest BCUT2D eigenvalue weighted by Gasteiger charge is 2.19. The molecule has 0 aliphatic rings. The molecule has 2 aromatic heterocycles. The molecule has 32 heavy (non-hydrogen) atoms. The monoisotopic (exact) mass is 560 g/mol. The van der Waals surface area contributed by atoms with Crippen LogP contribution in [0.25, 0.3) is 10.9 Å². The van der Waals surface area contributed by atoms with E-state index in [0.717, 1.165) is 22.2 Å². The average molecular weight is 561 g/mol. The number of nitriles is 1. The standard InChI is InChI=1S/C25H23ClFIN4/c1-15-19(5-6-22(27)32-15)17(7-8-28)9-16-10-20-23(31-14-25(2,3)4)18(12-29)13-30-24(20)21(26)11-16/h5-6,10-11,13,17H,9,14H2,1-4H3,(H,30,31)/t17-/m0/s1. The highest BCUT2D eigenvalue weighted by Crippen LogP contribution is 2.34. The number of halogens is 3. The smallest absolute Gasteiger partial charge is 0.213 e. The Morgan fingerprint density at radius 3 is 2.66 bits per heavy atom. The number of anilines is 1. The van der Waals surface area contributed by atoms with Crippen LogP contribution in [0.5, 0.6) is 0 Å². The first-order chi connectivity index (χ1) is 15.1. The van der Waals surface area contributed by atoms with Gasteiger partial charge in [-0.25, -0.2) is 4.98 Å². The van der Waals surface area contributed by atoms with E-state index in [-0.39, 0.29) is 11.3 Å². The van der Waals surface area contributed by atoms with Crippen LogP contribution in [0.4, 0.5) is 10.1 Å². The van der Waals surface area contributed by atoms with Crippen molar-refractivity contribution in [3.63, 3.8) is 0 Å². The maximum absolute atomic E-state index is 13.5. The summed E-state index contributed by atoms with van der Waals surface area (Å²) in [4.78, 5) is 8.37. The van der Waals surface area contributed by atoms with Gasteiger partial charge < -0.3 is 5.32 Å². The Balaban J connectivity index is 2.10. The molecule has 164 valence electrons. The first kappa shape index (κ1) is 24.2. The highest BCUT2D eigenvalue weighted by molar-refractivity contribution is 14.1. The van der Waals surface area contributed by atoms with E-state index >= 15 is 0 Å². The Hall–Kier alpha value is -2.42. The number of fused-ring (bicyclic) bond motifs is 1. The molecule has 1 aromatic carbocycles. The van der Waals surface area contributed by atoms with Crippen molar-refractivity contribution in [2.45, 2.75) is 40.0 Å². The molecule has 1 N–H and O–H groups in total. The van der Waals surface area contributed by atoms with Crippen LogP contribution in [-0.4, -0.2) is 16.5 Å². The van der Waals surface area contributed by atoms with Gasteiger partial charge in [0, 0.05) is 46.4 Å². The van der Waals surface area contributed by atoms with Crippen LogP contribution in [0.15, 0.2) is 30.5 Å². The number of aromatic nitrogens is 2. The molecule has 7 heteroatoms. The summed E-state index contributed by atoms with van der Waals surface area (Å²) in [5.74, 6) is 2.52. The van der Waals surface area contributed by atoms with E-state index in [1.54, 1.807) is 19.2 Å². The normalized spacial score (nSPS) is 12.1. The Labute approximate surface area is 206 Å². The predicted octanol–water partition coefficient (Wildman–Crippen LogP) is 6.78. The average Bonchev–Trinajstić information content (AvgIpc) is 2.71. The first-order valence-corrected chi connectivity index (χ1v) is 11.6. The fourth-order valence-corrected chi connectivity index (χ4v) is 4.18. The van der Waals surface area contributed by atoms with Crippen LogP contribution in [0.3, 0.4) is 0 Å². The van der Waals surface area contributed by atoms with Gasteiger partial charge in [0.25, 0.3) is 0 Å². The number of benzene rings is 1. The molecule has 0 amide bonds. The van der Waals surface area contributed by atoms with Gasteiger partial charge in [0.05, 0.1) is 27.7 Å². The second-order valence-electron chi connectivity index (χ2n) is 8.85. The molecular formula is C25H23ClFIN4. The molecule has 4 nitrogen and oxygen atoms in total. The summed E-state index contributed by atoms with van der Waals surface area (Å²) in [7, 11) is 0. The number of rotatable bonds is 5. The maximum Gasteiger partial charge on any atom is 0.213 e. The van der Waals surface area contributed by atoms with Crippen LogP contribution in [0, 0.1) is 39.5 Å². The summed E-state index contributed by atoms with van der Waals surface area (Å²) >= 11 is 8.61. The number of aryl methyl sites for hydroxylation is 1. The highest BCUT2D eigenvalue weighted by atomic mass is 127. The van der Waals surface area contributed by atoms with Crippen molar-refractivity contribution >= 4 is 50.8 Å². The molecule has 0 aliphatic carbocycles. The summed E-state index contributed by atoms with van der Waals surface area (Å²) in [5.41, 5.74) is 4.30. The van der Waals surface area contributed by atoms with Crippen molar-refractivity contribution in [1.29, 1.82) is 5.26 Å². The van der Waals surface area contributed by atoms with Gasteiger partial charge in [0.1, 0.15) is 6.07 Å². The third kappa shape index (κ3) is 5.68. The lowest BCUT2D eigenvalue weighted by Crippen LogP contribution is -2.19. The van der Waals surface area contributed by atoms with Gasteiger partial charge >= 0.3 is 0 Å². The third-order valence-electron chi connectivity index (χ3n) is 5.04. The van der Waals surface area contributed by atoms with Crippen molar-refractivity contribution in [2.75, 3.05) is 11.9 Å². The van der Waals surface area contributed by atoms with Gasteiger partial charge in [0.2, 0.25) is 5.95 Å². The van der Waals surface area contributed by atoms with Crippen LogP contribution < -0.4 is 5.32 Å². The van der Waals surface area contributed by atoms with Crippen molar-refractivity contribution in [2.24, 2.45) is 5.41 Å².